The van der Waals surface area contributed by atoms with Crippen LogP contribution in [0.4, 0.5) is 5.95 Å². The third-order valence-corrected chi connectivity index (χ3v) is 2.79. The number of hydrogen-bond donors (Lipinski definition) is 4. The number of H-pyrrole nitrogens is 1. The molecule has 0 aliphatic carbocycles. The van der Waals surface area contributed by atoms with Gasteiger partial charge in [0.1, 0.15) is 0 Å². The Morgan fingerprint density at radius 3 is 2.95 bits per heavy atom. The van der Waals surface area contributed by atoms with Gasteiger partial charge < -0.3 is 21.1 Å². The van der Waals surface area contributed by atoms with Crippen LogP contribution < -0.4 is 17.0 Å². The zero-order valence-corrected chi connectivity index (χ0v) is 10.0. The van der Waals surface area contributed by atoms with Gasteiger partial charge in [-0.05, 0) is 6.42 Å². The highest BCUT2D eigenvalue weighted by atomic mass is 16.3. The van der Waals surface area contributed by atoms with E-state index in [0.29, 0.717) is 0 Å². The van der Waals surface area contributed by atoms with Crippen molar-refractivity contribution in [2.75, 3.05) is 12.3 Å². The van der Waals surface area contributed by atoms with Crippen LogP contribution in [0.2, 0.25) is 0 Å². The number of primary amides is 1. The molecule has 0 radical (unpaired) electrons. The van der Waals surface area contributed by atoms with Crippen molar-refractivity contribution < 1.29 is 9.90 Å². The van der Waals surface area contributed by atoms with Gasteiger partial charge in [-0.1, -0.05) is 0 Å². The summed E-state index contributed by atoms with van der Waals surface area (Å²) in [5.41, 5.74) is 10.7. The van der Waals surface area contributed by atoms with E-state index >= 15 is 0 Å². The van der Waals surface area contributed by atoms with E-state index in [2.05, 4.69) is 15.0 Å². The van der Waals surface area contributed by atoms with Crippen LogP contribution in [0.5, 0.6) is 0 Å². The lowest BCUT2D eigenvalue weighted by Gasteiger charge is -2.12. The predicted octanol–water partition coefficient (Wildman–Crippen LogP) is -1.81. The molecule has 0 aromatic carbocycles. The number of nitrogens with two attached hydrogens (primary N) is 2. The SMILES string of the molecule is NC(=O)C(CCO)Cn1cnc2c(=O)[nH]c(N)nc21. The summed E-state index contributed by atoms with van der Waals surface area (Å²) in [7, 11) is 0. The molecular formula is C10H14N6O3. The summed E-state index contributed by atoms with van der Waals surface area (Å²) in [5, 5.41) is 8.89. The van der Waals surface area contributed by atoms with Crippen molar-refractivity contribution >= 4 is 23.0 Å². The molecule has 0 bridgehead atoms. The molecule has 2 heterocycles. The number of rotatable bonds is 5. The Bertz CT molecular complexity index is 661. The molecule has 1 amide bonds. The largest absolute Gasteiger partial charge is 0.396 e. The second-order valence-corrected chi connectivity index (χ2v) is 4.13. The van der Waals surface area contributed by atoms with Crippen molar-refractivity contribution in [1.29, 1.82) is 0 Å². The van der Waals surface area contributed by atoms with Crippen molar-refractivity contribution in [3.8, 4) is 0 Å². The molecule has 2 aromatic rings. The number of hydrogen-bond acceptors (Lipinski definition) is 6. The molecular weight excluding hydrogens is 252 g/mol. The summed E-state index contributed by atoms with van der Waals surface area (Å²) in [4.78, 5) is 33.1. The molecule has 19 heavy (non-hydrogen) atoms. The monoisotopic (exact) mass is 266 g/mol. The summed E-state index contributed by atoms with van der Waals surface area (Å²) in [6.45, 7) is 0.0265. The number of nitrogen functional groups attached to an aromatic ring is 1. The quantitative estimate of drug-likeness (QED) is 0.500. The highest BCUT2D eigenvalue weighted by molar-refractivity contribution is 5.77. The number of amides is 1. The molecule has 0 spiro atoms. The highest BCUT2D eigenvalue weighted by Gasteiger charge is 2.18. The Labute approximate surface area is 107 Å². The number of imidazole rings is 1. The van der Waals surface area contributed by atoms with Crippen LogP contribution in [0.15, 0.2) is 11.1 Å². The number of aliphatic hydroxyl groups is 1. The van der Waals surface area contributed by atoms with Gasteiger partial charge in [0.05, 0.1) is 12.2 Å². The van der Waals surface area contributed by atoms with Crippen LogP contribution >= 0.6 is 0 Å². The molecule has 0 fully saturated rings. The normalized spacial score (nSPS) is 12.7. The molecule has 0 saturated heterocycles. The number of aromatic nitrogens is 4. The van der Waals surface area contributed by atoms with E-state index < -0.39 is 17.4 Å². The van der Waals surface area contributed by atoms with E-state index in [9.17, 15) is 9.59 Å². The molecule has 6 N–H and O–H groups in total. The molecule has 2 aromatic heterocycles. The second-order valence-electron chi connectivity index (χ2n) is 4.13. The van der Waals surface area contributed by atoms with Gasteiger partial charge in [0, 0.05) is 13.2 Å². The number of nitrogens with one attached hydrogen (secondary N) is 1. The zero-order chi connectivity index (χ0) is 14.0. The number of aromatic amines is 1. The van der Waals surface area contributed by atoms with Crippen LogP contribution in [-0.4, -0.2) is 37.1 Å². The first-order valence-corrected chi connectivity index (χ1v) is 5.63. The molecule has 1 unspecified atom stereocenters. The molecule has 2 rings (SSSR count). The number of anilines is 1. The molecule has 9 nitrogen and oxygen atoms in total. The third kappa shape index (κ3) is 2.55. The fraction of sp³-hybridized carbons (Fsp3) is 0.400. The molecule has 0 aliphatic heterocycles. The Kier molecular flexibility index (Phi) is 3.47. The predicted molar refractivity (Wildman–Crippen MR) is 66.9 cm³/mol. The minimum atomic E-state index is -0.565. The van der Waals surface area contributed by atoms with Gasteiger partial charge in [-0.3, -0.25) is 14.6 Å². The summed E-state index contributed by atoms with van der Waals surface area (Å²) in [5.74, 6) is -1.13. The Morgan fingerprint density at radius 1 is 1.58 bits per heavy atom. The van der Waals surface area contributed by atoms with Crippen LogP contribution in [0.3, 0.4) is 0 Å². The summed E-state index contributed by atoms with van der Waals surface area (Å²) in [6, 6.07) is 0. The van der Waals surface area contributed by atoms with Gasteiger partial charge >= 0.3 is 0 Å². The first kappa shape index (κ1) is 13.0. The Hall–Kier alpha value is -2.42. The molecule has 0 aliphatic rings. The summed E-state index contributed by atoms with van der Waals surface area (Å²) in [6.07, 6.45) is 1.62. The fourth-order valence-corrected chi connectivity index (χ4v) is 1.82. The number of fused-ring (bicyclic) bond motifs is 1. The van der Waals surface area contributed by atoms with E-state index in [-0.39, 0.29) is 36.7 Å². The highest BCUT2D eigenvalue weighted by Crippen LogP contribution is 2.11. The van der Waals surface area contributed by atoms with E-state index in [1.54, 1.807) is 0 Å². The Balaban J connectivity index is 2.40. The van der Waals surface area contributed by atoms with E-state index in [1.807, 2.05) is 0 Å². The zero-order valence-electron chi connectivity index (χ0n) is 10.0. The average Bonchev–Trinajstić information content (AvgIpc) is 2.72. The summed E-state index contributed by atoms with van der Waals surface area (Å²) < 4.78 is 1.52. The average molecular weight is 266 g/mol. The third-order valence-electron chi connectivity index (χ3n) is 2.79. The lowest BCUT2D eigenvalue weighted by molar-refractivity contribution is -0.122. The van der Waals surface area contributed by atoms with Crippen molar-refractivity contribution in [1.82, 2.24) is 19.5 Å². The lowest BCUT2D eigenvalue weighted by atomic mass is 10.1. The fourth-order valence-electron chi connectivity index (χ4n) is 1.82. The van der Waals surface area contributed by atoms with Gasteiger partial charge in [0.2, 0.25) is 11.9 Å². The molecule has 1 atom stereocenters. The first-order chi connectivity index (χ1) is 9.02. The number of carbonyl (C=O) groups is 1. The van der Waals surface area contributed by atoms with Crippen molar-refractivity contribution in [3.63, 3.8) is 0 Å². The maximum Gasteiger partial charge on any atom is 0.280 e. The molecule has 102 valence electrons. The number of aliphatic hydroxyl groups excluding tert-OH is 1. The van der Waals surface area contributed by atoms with Crippen molar-refractivity contribution in [2.45, 2.75) is 13.0 Å². The minimum Gasteiger partial charge on any atom is -0.396 e. The Morgan fingerprint density at radius 2 is 2.32 bits per heavy atom. The number of nitrogens with zero attached hydrogens (tertiary/aromatic N) is 3. The minimum absolute atomic E-state index is 0.0305. The van der Waals surface area contributed by atoms with Gasteiger partial charge in [-0.25, -0.2) is 4.98 Å². The topological polar surface area (TPSA) is 153 Å². The van der Waals surface area contributed by atoms with Gasteiger partial charge in [0.25, 0.3) is 5.56 Å². The first-order valence-electron chi connectivity index (χ1n) is 5.63. The van der Waals surface area contributed by atoms with Crippen LogP contribution in [0.25, 0.3) is 11.2 Å². The van der Waals surface area contributed by atoms with Crippen LogP contribution in [-0.2, 0) is 11.3 Å². The van der Waals surface area contributed by atoms with Crippen LogP contribution in [0.1, 0.15) is 6.42 Å². The van der Waals surface area contributed by atoms with Crippen molar-refractivity contribution in [3.05, 3.63) is 16.7 Å². The maximum atomic E-state index is 11.6. The summed E-state index contributed by atoms with van der Waals surface area (Å²) >= 11 is 0. The number of carbonyl (C=O) groups excluding carboxylic acids is 1. The molecule has 9 heteroatoms. The molecule has 0 saturated carbocycles. The second kappa shape index (κ2) is 5.06. The van der Waals surface area contributed by atoms with Gasteiger partial charge in [0.15, 0.2) is 11.2 Å². The van der Waals surface area contributed by atoms with Crippen LogP contribution in [0, 0.1) is 5.92 Å². The van der Waals surface area contributed by atoms with Crippen molar-refractivity contribution in [2.24, 2.45) is 11.7 Å². The maximum absolute atomic E-state index is 11.6. The van der Waals surface area contributed by atoms with E-state index in [1.165, 1.54) is 10.9 Å². The van der Waals surface area contributed by atoms with E-state index in [0.717, 1.165) is 0 Å². The lowest BCUT2D eigenvalue weighted by Crippen LogP contribution is -2.28. The smallest absolute Gasteiger partial charge is 0.280 e. The van der Waals surface area contributed by atoms with Gasteiger partial charge in [-0.2, -0.15) is 4.98 Å². The standard InChI is InChI=1S/C10H14N6O3/c11-7(18)5(1-2-17)3-16-4-13-6-8(16)14-10(12)15-9(6)19/h4-5,17H,1-3H2,(H2,11,18)(H3,12,14,15,19). The van der Waals surface area contributed by atoms with Gasteiger partial charge in [-0.15, -0.1) is 0 Å². The van der Waals surface area contributed by atoms with E-state index in [4.69, 9.17) is 16.6 Å².